The molecule has 9 heteroatoms. The van der Waals surface area contributed by atoms with Crippen molar-refractivity contribution in [3.8, 4) is 51.2 Å². The maximum Gasteiger partial charge on any atom is 3.00 e. The third-order valence-electron chi connectivity index (χ3n) is 24.4. The fourth-order valence-electron chi connectivity index (χ4n) is 18.5. The number of para-hydroxylation sites is 3. The summed E-state index contributed by atoms with van der Waals surface area (Å²) in [6, 6.07) is 127. The molecule has 1 radical (unpaired) electrons. The van der Waals surface area contributed by atoms with Crippen molar-refractivity contribution in [2.75, 3.05) is 0 Å². The smallest absolute Gasteiger partial charge is 0.339 e. The third-order valence-corrected chi connectivity index (χ3v) is 31.9. The Morgan fingerprint density at radius 1 is 0.345 bits per heavy atom. The van der Waals surface area contributed by atoms with E-state index in [1.54, 1.807) is 0 Å². The van der Waals surface area contributed by atoms with E-state index in [2.05, 4.69) is 429 Å². The molecule has 0 spiro atoms. The van der Waals surface area contributed by atoms with Gasteiger partial charge in [-0.25, -0.2) is 0 Å². The number of hydrogen-bond acceptors (Lipinski definition) is 3. The van der Waals surface area contributed by atoms with Crippen LogP contribution in [-0.2, 0) is 65.1 Å². The fourth-order valence-corrected chi connectivity index (χ4v) is 25.9. The SMILES string of the molecule is CC(C)c1cccc(C(C)C)c1-n1cc(CCc2cc(CCc3cn4c(n3)-c3[c-]ccc(c3)CC(C)c3cccc(C(C)C)c3-4)cc(CCc3cn(-c4c(C(C)C)cccc4C(C)c4ccccc4)c(-c4[c-]ccc([Si](c5ccccc5)c5ccccc5)c4)n3)c2)nc1-c1[c-]ccc([Si](c2ccccc2)(c2ccccc2)c2ccccc2)c1.[Ir+3]. The molecule has 591 valence electrons. The average Bonchev–Trinajstić information content (AvgIpc) is 1.70. The van der Waals surface area contributed by atoms with Crippen LogP contribution in [0, 0.1) is 18.2 Å². The number of aryl methyl sites for hydroxylation is 6. The van der Waals surface area contributed by atoms with Gasteiger partial charge in [0.2, 0.25) is 0 Å². The Hall–Kier alpha value is -11.4. The van der Waals surface area contributed by atoms with Gasteiger partial charge in [-0.3, -0.25) is 15.0 Å². The molecule has 6 nitrogen and oxygen atoms in total. The van der Waals surface area contributed by atoms with E-state index in [4.69, 9.17) is 15.0 Å². The maximum absolute atomic E-state index is 5.89. The van der Waals surface area contributed by atoms with E-state index in [0.29, 0.717) is 11.8 Å². The second-order valence-electron chi connectivity index (χ2n) is 33.7. The Morgan fingerprint density at radius 3 is 1.15 bits per heavy atom. The Kier molecular flexibility index (Phi) is 24.6. The number of hydrogen-bond donors (Lipinski definition) is 0. The number of aromatic nitrogens is 6. The van der Waals surface area contributed by atoms with Crippen LogP contribution in [0.25, 0.3) is 51.2 Å². The number of benzene rings is 13. The minimum Gasteiger partial charge on any atom is -0.339 e. The summed E-state index contributed by atoms with van der Waals surface area (Å²) < 4.78 is 7.30. The monoisotopic (exact) mass is 1760 g/mol. The molecule has 13 aromatic carbocycles. The topological polar surface area (TPSA) is 53.5 Å². The molecule has 0 N–H and O–H groups in total. The summed E-state index contributed by atoms with van der Waals surface area (Å²) in [6.07, 6.45) is 12.6. The van der Waals surface area contributed by atoms with Crippen molar-refractivity contribution in [1.29, 1.82) is 0 Å². The van der Waals surface area contributed by atoms with Crippen molar-refractivity contribution >= 4 is 53.2 Å². The van der Waals surface area contributed by atoms with Crippen molar-refractivity contribution in [3.05, 3.63) is 424 Å². The van der Waals surface area contributed by atoms with E-state index in [1.807, 2.05) is 0 Å². The minimum atomic E-state index is -2.94. The Bertz CT molecular complexity index is 6000. The Morgan fingerprint density at radius 2 is 0.706 bits per heavy atom. The number of nitrogens with zero attached hydrogens (tertiary/aromatic N) is 6. The summed E-state index contributed by atoms with van der Waals surface area (Å²) in [6.45, 7) is 23.3. The van der Waals surface area contributed by atoms with Crippen molar-refractivity contribution in [2.24, 2.45) is 0 Å². The molecule has 4 heterocycles. The average molecular weight is 1760 g/mol. The van der Waals surface area contributed by atoms with Gasteiger partial charge in [0.25, 0.3) is 0 Å². The molecule has 1 aliphatic heterocycles. The maximum atomic E-state index is 5.89. The van der Waals surface area contributed by atoms with Crippen LogP contribution in [0.4, 0.5) is 0 Å². The second-order valence-corrected chi connectivity index (χ2v) is 40.0. The Labute approximate surface area is 721 Å². The molecule has 0 aliphatic carbocycles. The summed E-state index contributed by atoms with van der Waals surface area (Å²) in [4.78, 5) is 17.4. The van der Waals surface area contributed by atoms with Gasteiger partial charge >= 0.3 is 20.1 Å². The van der Waals surface area contributed by atoms with E-state index < -0.39 is 16.9 Å². The fraction of sp³-hybridized carbons (Fsp3) is 0.209. The Balaban J connectivity index is 0.0000106. The first kappa shape index (κ1) is 81.3. The van der Waals surface area contributed by atoms with Gasteiger partial charge in [0.1, 0.15) is 8.80 Å². The molecule has 17 rings (SSSR count). The van der Waals surface area contributed by atoms with Gasteiger partial charge < -0.3 is 13.7 Å². The van der Waals surface area contributed by atoms with Gasteiger partial charge in [0, 0.05) is 58.7 Å². The van der Waals surface area contributed by atoms with E-state index in [1.165, 1.54) is 115 Å². The van der Waals surface area contributed by atoms with Crippen molar-refractivity contribution in [3.63, 3.8) is 0 Å². The summed E-state index contributed by atoms with van der Waals surface area (Å²) in [5.41, 5.74) is 24.1. The van der Waals surface area contributed by atoms with Gasteiger partial charge in [-0.2, -0.15) is 0 Å². The van der Waals surface area contributed by atoms with Gasteiger partial charge in [-0.05, 0) is 146 Å². The van der Waals surface area contributed by atoms with Gasteiger partial charge in [-0.1, -0.05) is 334 Å². The summed E-state index contributed by atoms with van der Waals surface area (Å²) in [5.74, 6) is 4.24. The van der Waals surface area contributed by atoms with Crippen molar-refractivity contribution in [2.45, 2.75) is 150 Å². The molecule has 0 fully saturated rings. The predicted molar refractivity (Wildman–Crippen MR) is 496 cm³/mol. The molecule has 1 aliphatic rings. The molecule has 3 aromatic heterocycles. The van der Waals surface area contributed by atoms with E-state index in [0.717, 1.165) is 96.2 Å². The normalized spacial score (nSPS) is 13.0. The second kappa shape index (κ2) is 36.0. The minimum absolute atomic E-state index is 0. The first-order valence-corrected chi connectivity index (χ1v) is 46.1. The van der Waals surface area contributed by atoms with Crippen LogP contribution in [0.5, 0.6) is 0 Å². The molecule has 0 saturated heterocycles. The number of imidazole rings is 3. The standard InChI is InChI=1S/C110H104N6Si2.Ir/c1-75(2)99-53-32-54-100(76(3)4)105(99)114-72-89(113-110(114)88-40-31-52-98(71-88)118(95-46-23-14-24-47-95,96-48-25-15-26-49-96)97-50-27-16-28-51-97)62-59-82-66-83(60-63-90-73-115-106-101(77(5)6)55-33-57-103(106)79(9)65-81-35-29-38-86(69-81)108(115)111-90)68-84(67-82)61-64-91-74-116(107-102(78(7)8)56-34-58-104(107)80(10)85-36-17-11-18-37-85)109(112-91)87-39-30-45-94(70-87)117(92-41-19-12-20-42-92)93-43-21-13-22-44-93;/h11-37,41-58,66-80H,59-65H2,1-10H3;/q-3;+3. The molecule has 0 amide bonds. The molecule has 2 bridgehead atoms. The quantitative estimate of drug-likeness (QED) is 0.0308. The summed E-state index contributed by atoms with van der Waals surface area (Å²) in [5, 5.41) is 9.24. The predicted octanol–water partition coefficient (Wildman–Crippen LogP) is 21.2. The molecule has 119 heavy (non-hydrogen) atoms. The summed E-state index contributed by atoms with van der Waals surface area (Å²) >= 11 is 0. The van der Waals surface area contributed by atoms with Crippen LogP contribution in [0.15, 0.2) is 328 Å². The van der Waals surface area contributed by atoms with Crippen LogP contribution in [-0.4, -0.2) is 45.5 Å². The first-order chi connectivity index (χ1) is 57.6. The molecular weight excluding hydrogens is 1650 g/mol. The molecular formula is C110H104IrN6Si2. The zero-order valence-corrected chi connectivity index (χ0v) is 74.5. The molecule has 16 aromatic rings. The zero-order chi connectivity index (χ0) is 81.0. The first-order valence-electron chi connectivity index (χ1n) is 42.6. The molecule has 0 saturated carbocycles. The summed E-state index contributed by atoms with van der Waals surface area (Å²) in [7, 11) is -4.36. The van der Waals surface area contributed by atoms with Crippen LogP contribution in [0.1, 0.15) is 183 Å². The van der Waals surface area contributed by atoms with Crippen molar-refractivity contribution < 1.29 is 20.1 Å². The van der Waals surface area contributed by atoms with Crippen LogP contribution >= 0.6 is 0 Å². The van der Waals surface area contributed by atoms with E-state index in [-0.39, 0.29) is 43.8 Å². The van der Waals surface area contributed by atoms with Crippen molar-refractivity contribution in [1.82, 2.24) is 28.7 Å². The van der Waals surface area contributed by atoms with Gasteiger partial charge in [-0.15, -0.1) is 105 Å². The zero-order valence-electron chi connectivity index (χ0n) is 70.1. The van der Waals surface area contributed by atoms with E-state index in [9.17, 15) is 0 Å². The molecule has 2 unspecified atom stereocenters. The van der Waals surface area contributed by atoms with E-state index >= 15 is 0 Å². The number of fused-ring (bicyclic) bond motifs is 6. The largest absolute Gasteiger partial charge is 3.00 e. The van der Waals surface area contributed by atoms with Crippen LogP contribution in [0.3, 0.4) is 0 Å². The van der Waals surface area contributed by atoms with Gasteiger partial charge in [0.05, 0.1) is 17.5 Å². The third kappa shape index (κ3) is 16.8. The number of rotatable bonds is 26. The van der Waals surface area contributed by atoms with Crippen LogP contribution in [0.2, 0.25) is 0 Å². The van der Waals surface area contributed by atoms with Gasteiger partial charge in [0.15, 0.2) is 8.07 Å². The van der Waals surface area contributed by atoms with Crippen LogP contribution < -0.4 is 36.3 Å². The molecule has 2 atom stereocenters.